The minimum Gasteiger partial charge on any atom is -0.326 e. The molecule has 31 heavy (non-hydrogen) atoms. The van der Waals surface area contributed by atoms with E-state index in [2.05, 4.69) is 17.2 Å². The third kappa shape index (κ3) is 6.73. The van der Waals surface area contributed by atoms with Crippen molar-refractivity contribution in [2.75, 3.05) is 11.1 Å². The van der Waals surface area contributed by atoms with Crippen molar-refractivity contribution in [2.45, 2.75) is 29.0 Å². The molecule has 7 nitrogen and oxygen atoms in total. The maximum absolute atomic E-state index is 12.3. The predicted octanol–water partition coefficient (Wildman–Crippen LogP) is 3.51. The topological polar surface area (TPSA) is 119 Å². The fraction of sp³-hybridized carbons (Fsp3) is 0.190. The second-order valence-corrected chi connectivity index (χ2v) is 10.3. The zero-order chi connectivity index (χ0) is 22.4. The van der Waals surface area contributed by atoms with Gasteiger partial charge in [0.15, 0.2) is 10.1 Å². The number of amides is 1. The first-order valence-corrected chi connectivity index (χ1v) is 12.8. The Hall–Kier alpha value is -2.53. The molecule has 1 heterocycles. The van der Waals surface area contributed by atoms with E-state index < -0.39 is 10.0 Å². The summed E-state index contributed by atoms with van der Waals surface area (Å²) in [4.78, 5) is 28.9. The van der Waals surface area contributed by atoms with E-state index in [0.717, 1.165) is 10.8 Å². The minimum absolute atomic E-state index is 0.0254. The van der Waals surface area contributed by atoms with Crippen molar-refractivity contribution < 1.29 is 18.0 Å². The normalized spacial score (nSPS) is 11.3. The summed E-state index contributed by atoms with van der Waals surface area (Å²) < 4.78 is 23.3. The highest BCUT2D eigenvalue weighted by Gasteiger charge is 2.12. The molecular weight excluding hydrogens is 454 g/mol. The van der Waals surface area contributed by atoms with Crippen LogP contribution in [0, 0.1) is 0 Å². The Balaban J connectivity index is 1.51. The number of rotatable bonds is 9. The van der Waals surface area contributed by atoms with Crippen LogP contribution in [0.4, 0.5) is 5.69 Å². The number of aromatic nitrogens is 1. The van der Waals surface area contributed by atoms with E-state index in [1.165, 1.54) is 52.9 Å². The maximum atomic E-state index is 12.3. The molecule has 0 fully saturated rings. The number of thioether (sulfide) groups is 1. The van der Waals surface area contributed by atoms with Crippen LogP contribution in [0.15, 0.2) is 63.1 Å². The average Bonchev–Trinajstić information content (AvgIpc) is 3.19. The first kappa shape index (κ1) is 23.1. The largest absolute Gasteiger partial charge is 0.326 e. The highest BCUT2D eigenvalue weighted by atomic mass is 32.2. The fourth-order valence-corrected chi connectivity index (χ4v) is 4.93. The van der Waals surface area contributed by atoms with Gasteiger partial charge in [-0.25, -0.2) is 18.5 Å². The van der Waals surface area contributed by atoms with Crippen molar-refractivity contribution in [3.8, 4) is 0 Å². The molecule has 0 saturated carbocycles. The number of primary sulfonamides is 1. The van der Waals surface area contributed by atoms with Gasteiger partial charge in [-0.1, -0.05) is 43.0 Å². The van der Waals surface area contributed by atoms with Gasteiger partial charge in [0.1, 0.15) is 0 Å². The number of carbonyl (C=O) groups is 2. The molecule has 0 radical (unpaired) electrons. The van der Waals surface area contributed by atoms with E-state index in [4.69, 9.17) is 5.14 Å². The number of thiazole rings is 1. The van der Waals surface area contributed by atoms with Gasteiger partial charge in [0, 0.05) is 16.6 Å². The molecule has 3 aromatic rings. The van der Waals surface area contributed by atoms with Gasteiger partial charge in [-0.2, -0.15) is 0 Å². The summed E-state index contributed by atoms with van der Waals surface area (Å²) >= 11 is 2.73. The van der Waals surface area contributed by atoms with Crippen molar-refractivity contribution in [3.63, 3.8) is 0 Å². The fourth-order valence-electron chi connectivity index (χ4n) is 2.67. The second-order valence-electron chi connectivity index (χ2n) is 6.66. The molecule has 1 aromatic heterocycles. The van der Waals surface area contributed by atoms with E-state index in [1.54, 1.807) is 5.38 Å². The molecule has 0 spiro atoms. The van der Waals surface area contributed by atoms with Gasteiger partial charge in [-0.15, -0.1) is 11.3 Å². The molecule has 0 aliphatic heterocycles. The number of hydrogen-bond donors (Lipinski definition) is 2. The smallest absolute Gasteiger partial charge is 0.238 e. The number of benzene rings is 2. The summed E-state index contributed by atoms with van der Waals surface area (Å²) in [5.74, 6) is 0.0310. The number of nitrogens with zero attached hydrogens (tertiary/aromatic N) is 1. The molecule has 0 atom stereocenters. The summed E-state index contributed by atoms with van der Waals surface area (Å²) in [6.45, 7) is 2.07. The van der Waals surface area contributed by atoms with Gasteiger partial charge in [0.25, 0.3) is 0 Å². The Bertz CT molecular complexity index is 1170. The number of sulfonamides is 1. The van der Waals surface area contributed by atoms with Crippen LogP contribution in [-0.2, 0) is 27.7 Å². The number of carbonyl (C=O) groups excluding carboxylic acids is 2. The van der Waals surface area contributed by atoms with Crippen LogP contribution in [0.25, 0.3) is 0 Å². The molecule has 162 valence electrons. The standard InChI is InChI=1S/C21H21N3O4S3/c1-2-14-3-5-15(6-4-14)19(25)13-30-21-24-17(12-29-21)11-20(26)23-16-7-9-18(10-8-16)31(22,27)28/h3-10,12H,2,11,13H2,1H3,(H,23,26)(H2,22,27,28). The maximum Gasteiger partial charge on any atom is 0.238 e. The summed E-state index contributed by atoms with van der Waals surface area (Å²) in [6.07, 6.45) is 1.00. The molecule has 0 aliphatic carbocycles. The molecule has 3 rings (SSSR count). The molecular formula is C21H21N3O4S3. The number of ketones is 1. The first-order valence-electron chi connectivity index (χ1n) is 9.36. The van der Waals surface area contributed by atoms with Crippen LogP contribution in [0.5, 0.6) is 0 Å². The van der Waals surface area contributed by atoms with Crippen LogP contribution in [-0.4, -0.2) is 30.8 Å². The molecule has 0 bridgehead atoms. The zero-order valence-corrected chi connectivity index (χ0v) is 19.1. The average molecular weight is 476 g/mol. The van der Waals surface area contributed by atoms with Gasteiger partial charge in [-0.3, -0.25) is 9.59 Å². The number of hydrogen-bond acceptors (Lipinski definition) is 7. The molecule has 1 amide bonds. The predicted molar refractivity (Wildman–Crippen MR) is 123 cm³/mol. The van der Waals surface area contributed by atoms with E-state index >= 15 is 0 Å². The first-order chi connectivity index (χ1) is 14.7. The van der Waals surface area contributed by atoms with Gasteiger partial charge >= 0.3 is 0 Å². The van der Waals surface area contributed by atoms with E-state index in [-0.39, 0.29) is 28.8 Å². The Morgan fingerprint density at radius 1 is 1.10 bits per heavy atom. The third-order valence-electron chi connectivity index (χ3n) is 4.35. The van der Waals surface area contributed by atoms with Gasteiger partial charge in [0.05, 0.1) is 22.8 Å². The lowest BCUT2D eigenvalue weighted by Crippen LogP contribution is -2.15. The highest BCUT2D eigenvalue weighted by Crippen LogP contribution is 2.24. The van der Waals surface area contributed by atoms with Crippen LogP contribution in [0.3, 0.4) is 0 Å². The summed E-state index contributed by atoms with van der Waals surface area (Å²) in [5, 5.41) is 9.53. The van der Waals surface area contributed by atoms with Crippen LogP contribution in [0.2, 0.25) is 0 Å². The molecule has 0 unspecified atom stereocenters. The van der Waals surface area contributed by atoms with Gasteiger partial charge < -0.3 is 5.32 Å². The van der Waals surface area contributed by atoms with Gasteiger partial charge in [-0.05, 0) is 36.2 Å². The van der Waals surface area contributed by atoms with Crippen LogP contribution < -0.4 is 10.5 Å². The number of nitrogens with two attached hydrogens (primary N) is 1. The number of aryl methyl sites for hydroxylation is 1. The molecule has 3 N–H and O–H groups in total. The Kier molecular flexibility index (Phi) is 7.60. The lowest BCUT2D eigenvalue weighted by atomic mass is 10.1. The lowest BCUT2D eigenvalue weighted by molar-refractivity contribution is -0.115. The zero-order valence-electron chi connectivity index (χ0n) is 16.7. The van der Waals surface area contributed by atoms with E-state index in [0.29, 0.717) is 16.9 Å². The summed E-state index contributed by atoms with van der Waals surface area (Å²) in [7, 11) is -3.77. The minimum atomic E-state index is -3.77. The van der Waals surface area contributed by atoms with Crippen molar-refractivity contribution >= 4 is 50.5 Å². The quantitative estimate of drug-likeness (QED) is 0.361. The number of anilines is 1. The third-order valence-corrected chi connectivity index (χ3v) is 7.35. The summed E-state index contributed by atoms with van der Waals surface area (Å²) in [6, 6.07) is 13.2. The van der Waals surface area contributed by atoms with Crippen molar-refractivity contribution in [1.82, 2.24) is 4.98 Å². The second kappa shape index (κ2) is 10.2. The van der Waals surface area contributed by atoms with Crippen LogP contribution in [0.1, 0.15) is 28.5 Å². The molecule has 0 aliphatic rings. The monoisotopic (exact) mass is 475 g/mol. The molecule has 2 aromatic carbocycles. The highest BCUT2D eigenvalue weighted by molar-refractivity contribution is 8.01. The van der Waals surface area contributed by atoms with Crippen LogP contribution >= 0.6 is 23.1 Å². The number of Topliss-reactive ketones (excluding diaryl/α,β-unsaturated/α-hetero) is 1. The van der Waals surface area contributed by atoms with Crippen molar-refractivity contribution in [2.24, 2.45) is 5.14 Å². The lowest BCUT2D eigenvalue weighted by Gasteiger charge is -2.05. The van der Waals surface area contributed by atoms with E-state index in [9.17, 15) is 18.0 Å². The number of nitrogens with one attached hydrogen (secondary N) is 1. The molecule has 10 heteroatoms. The van der Waals surface area contributed by atoms with Crippen molar-refractivity contribution in [3.05, 3.63) is 70.7 Å². The summed E-state index contributed by atoms with van der Waals surface area (Å²) in [5.41, 5.74) is 2.93. The molecule has 0 saturated heterocycles. The van der Waals surface area contributed by atoms with Crippen molar-refractivity contribution in [1.29, 1.82) is 0 Å². The SMILES string of the molecule is CCc1ccc(C(=O)CSc2nc(CC(=O)Nc3ccc(S(N)(=O)=O)cc3)cs2)cc1. The Morgan fingerprint density at radius 2 is 1.77 bits per heavy atom. The van der Waals surface area contributed by atoms with Gasteiger partial charge in [0.2, 0.25) is 15.9 Å². The van der Waals surface area contributed by atoms with E-state index in [1.807, 2.05) is 24.3 Å². The Morgan fingerprint density at radius 3 is 2.39 bits per heavy atom. The Labute approximate surface area is 189 Å².